The summed E-state index contributed by atoms with van der Waals surface area (Å²) in [7, 11) is -3.03. The summed E-state index contributed by atoms with van der Waals surface area (Å²) < 4.78 is 32.8. The van der Waals surface area contributed by atoms with Gasteiger partial charge in [-0.2, -0.15) is 0 Å². The number of hydrogen-bond acceptors (Lipinski definition) is 6. The van der Waals surface area contributed by atoms with Gasteiger partial charge in [0.25, 0.3) is 5.91 Å². The van der Waals surface area contributed by atoms with E-state index >= 15 is 0 Å². The third kappa shape index (κ3) is 2.60. The number of amides is 1. The summed E-state index contributed by atoms with van der Waals surface area (Å²) in [4.78, 5) is 11.9. The Morgan fingerprint density at radius 2 is 2.25 bits per heavy atom. The third-order valence-corrected chi connectivity index (χ3v) is 4.84. The zero-order chi connectivity index (χ0) is 14.2. The minimum atomic E-state index is -3.03. The van der Waals surface area contributed by atoms with Crippen molar-refractivity contribution in [1.82, 2.24) is 10.5 Å². The summed E-state index contributed by atoms with van der Waals surface area (Å²) in [5, 5.41) is 6.29. The average molecular weight is 296 g/mol. The number of rotatable bonds is 3. The minimum Gasteiger partial charge on any atom is -0.461 e. The van der Waals surface area contributed by atoms with E-state index in [4.69, 9.17) is 8.94 Å². The predicted octanol–water partition coefficient (Wildman–Crippen LogP) is 0.851. The first kappa shape index (κ1) is 12.9. The van der Waals surface area contributed by atoms with Crippen LogP contribution in [0.25, 0.3) is 11.5 Å². The van der Waals surface area contributed by atoms with Crippen molar-refractivity contribution in [3.8, 4) is 11.5 Å². The van der Waals surface area contributed by atoms with E-state index in [9.17, 15) is 13.2 Å². The van der Waals surface area contributed by atoms with E-state index in [-0.39, 0.29) is 23.2 Å². The van der Waals surface area contributed by atoms with Crippen LogP contribution in [0.1, 0.15) is 16.9 Å². The van der Waals surface area contributed by atoms with Crippen LogP contribution in [0, 0.1) is 0 Å². The maximum absolute atomic E-state index is 11.9. The van der Waals surface area contributed by atoms with Crippen LogP contribution >= 0.6 is 0 Å². The zero-order valence-corrected chi connectivity index (χ0v) is 11.2. The number of carbonyl (C=O) groups excluding carboxylic acids is 1. The van der Waals surface area contributed by atoms with Gasteiger partial charge in [0.05, 0.1) is 17.8 Å². The Kier molecular flexibility index (Phi) is 3.09. The topological polar surface area (TPSA) is 102 Å². The van der Waals surface area contributed by atoms with Crippen molar-refractivity contribution in [1.29, 1.82) is 0 Å². The summed E-state index contributed by atoms with van der Waals surface area (Å²) >= 11 is 0. The second kappa shape index (κ2) is 4.78. The van der Waals surface area contributed by atoms with E-state index in [1.807, 2.05) is 0 Å². The molecule has 20 heavy (non-hydrogen) atoms. The Hall–Kier alpha value is -2.09. The van der Waals surface area contributed by atoms with Crippen molar-refractivity contribution in [2.75, 3.05) is 11.5 Å². The van der Waals surface area contributed by atoms with Crippen LogP contribution in [0.2, 0.25) is 0 Å². The van der Waals surface area contributed by atoms with Crippen molar-refractivity contribution in [3.05, 3.63) is 30.2 Å². The molecule has 3 rings (SSSR count). The Morgan fingerprint density at radius 1 is 1.40 bits per heavy atom. The molecule has 0 aromatic carbocycles. The molecule has 1 atom stereocenters. The first-order chi connectivity index (χ1) is 9.53. The van der Waals surface area contributed by atoms with Gasteiger partial charge in [0.15, 0.2) is 21.3 Å². The predicted molar refractivity (Wildman–Crippen MR) is 68.7 cm³/mol. The molecule has 0 aliphatic carbocycles. The van der Waals surface area contributed by atoms with Crippen molar-refractivity contribution < 1.29 is 22.2 Å². The molecule has 1 N–H and O–H groups in total. The highest BCUT2D eigenvalue weighted by molar-refractivity contribution is 7.91. The molecule has 1 saturated heterocycles. The molecule has 0 saturated carbocycles. The van der Waals surface area contributed by atoms with Crippen molar-refractivity contribution in [2.45, 2.75) is 12.5 Å². The van der Waals surface area contributed by atoms with Crippen LogP contribution in [-0.2, 0) is 9.84 Å². The lowest BCUT2D eigenvalue weighted by Gasteiger charge is -2.08. The number of carbonyl (C=O) groups is 1. The number of hydrogen-bond donors (Lipinski definition) is 1. The fourth-order valence-corrected chi connectivity index (χ4v) is 3.76. The van der Waals surface area contributed by atoms with Crippen molar-refractivity contribution in [3.63, 3.8) is 0 Å². The molecular weight excluding hydrogens is 284 g/mol. The highest BCUT2D eigenvalue weighted by Crippen LogP contribution is 2.20. The van der Waals surface area contributed by atoms with Crippen LogP contribution in [0.5, 0.6) is 0 Å². The second-order valence-electron chi connectivity index (χ2n) is 4.63. The van der Waals surface area contributed by atoms with Gasteiger partial charge in [0.1, 0.15) is 0 Å². The zero-order valence-electron chi connectivity index (χ0n) is 10.4. The van der Waals surface area contributed by atoms with E-state index in [2.05, 4.69) is 10.5 Å². The molecule has 1 aliphatic heterocycles. The maximum Gasteiger partial charge on any atom is 0.273 e. The van der Waals surface area contributed by atoms with Gasteiger partial charge >= 0.3 is 0 Å². The molecule has 0 spiro atoms. The summed E-state index contributed by atoms with van der Waals surface area (Å²) in [6, 6.07) is 4.47. The van der Waals surface area contributed by atoms with Gasteiger partial charge < -0.3 is 14.3 Å². The molecule has 3 heterocycles. The average Bonchev–Trinajstić information content (AvgIpc) is 3.08. The van der Waals surface area contributed by atoms with Gasteiger partial charge in [-0.3, -0.25) is 4.79 Å². The van der Waals surface area contributed by atoms with E-state index < -0.39 is 15.7 Å². The Morgan fingerprint density at radius 3 is 2.90 bits per heavy atom. The Bertz CT molecular complexity index is 717. The minimum absolute atomic E-state index is 0.0262. The van der Waals surface area contributed by atoms with Gasteiger partial charge in [-0.15, -0.1) is 0 Å². The van der Waals surface area contributed by atoms with Gasteiger partial charge in [-0.1, -0.05) is 5.16 Å². The van der Waals surface area contributed by atoms with Crippen LogP contribution < -0.4 is 5.32 Å². The van der Waals surface area contributed by atoms with Gasteiger partial charge in [0, 0.05) is 12.1 Å². The fourth-order valence-electron chi connectivity index (χ4n) is 2.09. The van der Waals surface area contributed by atoms with Crippen LogP contribution in [0.15, 0.2) is 33.4 Å². The first-order valence-electron chi connectivity index (χ1n) is 6.05. The molecule has 0 radical (unpaired) electrons. The largest absolute Gasteiger partial charge is 0.461 e. The van der Waals surface area contributed by atoms with Crippen molar-refractivity contribution >= 4 is 15.7 Å². The molecular formula is C12H12N2O5S. The van der Waals surface area contributed by atoms with E-state index in [0.29, 0.717) is 17.9 Å². The normalized spacial score (nSPS) is 20.9. The van der Waals surface area contributed by atoms with Gasteiger partial charge in [-0.25, -0.2) is 8.42 Å². The molecule has 2 aromatic rings. The number of furan rings is 1. The molecule has 1 amide bonds. The van der Waals surface area contributed by atoms with Crippen molar-refractivity contribution in [2.24, 2.45) is 0 Å². The molecule has 0 bridgehead atoms. The molecule has 1 fully saturated rings. The van der Waals surface area contributed by atoms with Crippen LogP contribution in [0.3, 0.4) is 0 Å². The quantitative estimate of drug-likeness (QED) is 0.900. The number of nitrogens with zero attached hydrogens (tertiary/aromatic N) is 1. The molecule has 1 aliphatic rings. The summed E-state index contributed by atoms with van der Waals surface area (Å²) in [6.07, 6.45) is 1.91. The lowest BCUT2D eigenvalue weighted by Crippen LogP contribution is -2.35. The molecule has 2 aromatic heterocycles. The second-order valence-corrected chi connectivity index (χ2v) is 6.86. The standard InChI is InChI=1S/C12H12N2O5S/c15-12(13-8-3-5-20(16,17)7-8)9-6-11(19-14-9)10-2-1-4-18-10/h1-2,4,6,8H,3,5,7H2,(H,13,15)/t8-/m0/s1. The summed E-state index contributed by atoms with van der Waals surface area (Å²) in [5.41, 5.74) is 0.0979. The highest BCUT2D eigenvalue weighted by Gasteiger charge is 2.29. The smallest absolute Gasteiger partial charge is 0.273 e. The van der Waals surface area contributed by atoms with Crippen LogP contribution in [0.4, 0.5) is 0 Å². The Labute approximate surface area is 114 Å². The van der Waals surface area contributed by atoms with Gasteiger partial charge in [0.2, 0.25) is 5.76 Å². The summed E-state index contributed by atoms with van der Waals surface area (Å²) in [6.45, 7) is 0. The van der Waals surface area contributed by atoms with Crippen LogP contribution in [-0.4, -0.2) is 37.0 Å². The first-order valence-corrected chi connectivity index (χ1v) is 7.87. The highest BCUT2D eigenvalue weighted by atomic mass is 32.2. The molecule has 7 nitrogen and oxygen atoms in total. The Balaban J connectivity index is 1.69. The number of sulfone groups is 1. The van der Waals surface area contributed by atoms with E-state index in [0.717, 1.165) is 0 Å². The SMILES string of the molecule is O=C(N[C@H]1CCS(=O)(=O)C1)c1cc(-c2ccco2)on1. The summed E-state index contributed by atoms with van der Waals surface area (Å²) in [5.74, 6) is 0.448. The lowest BCUT2D eigenvalue weighted by atomic mass is 10.2. The third-order valence-electron chi connectivity index (χ3n) is 3.07. The number of nitrogens with one attached hydrogen (secondary N) is 1. The maximum atomic E-state index is 11.9. The molecule has 0 unspecified atom stereocenters. The molecule has 106 valence electrons. The van der Waals surface area contributed by atoms with Gasteiger partial charge in [-0.05, 0) is 18.6 Å². The monoisotopic (exact) mass is 296 g/mol. The van der Waals surface area contributed by atoms with E-state index in [1.165, 1.54) is 12.3 Å². The fraction of sp³-hybridized carbons (Fsp3) is 0.333. The van der Waals surface area contributed by atoms with E-state index in [1.54, 1.807) is 12.1 Å². The molecule has 8 heteroatoms. The number of aromatic nitrogens is 1. The lowest BCUT2D eigenvalue weighted by molar-refractivity contribution is 0.0932.